The highest BCUT2D eigenvalue weighted by Crippen LogP contribution is 2.26. The summed E-state index contributed by atoms with van der Waals surface area (Å²) in [6.45, 7) is 0.632. The predicted molar refractivity (Wildman–Crippen MR) is 103 cm³/mol. The Kier molecular flexibility index (Phi) is 5.77. The van der Waals surface area contributed by atoms with Gasteiger partial charge in [0.25, 0.3) is 5.91 Å². The number of nitrogens with one attached hydrogen (secondary N) is 2. The van der Waals surface area contributed by atoms with Gasteiger partial charge in [0.2, 0.25) is 0 Å². The first kappa shape index (κ1) is 18.2. The maximum absolute atomic E-state index is 13.2. The van der Waals surface area contributed by atoms with Gasteiger partial charge in [-0.2, -0.15) is 0 Å². The number of thiocarbonyl (C=S) groups is 1. The molecule has 3 aromatic rings. The van der Waals surface area contributed by atoms with E-state index in [9.17, 15) is 9.18 Å². The molecule has 0 radical (unpaired) electrons. The van der Waals surface area contributed by atoms with Crippen LogP contribution in [0.5, 0.6) is 5.75 Å². The van der Waals surface area contributed by atoms with Crippen LogP contribution in [-0.4, -0.2) is 29.3 Å². The molecule has 26 heavy (non-hydrogen) atoms. The number of thiophene rings is 1. The second-order valence-corrected chi connectivity index (χ2v) is 6.85. The molecule has 1 aromatic heterocycles. The smallest absolute Gasteiger partial charge is 0.261 e. The van der Waals surface area contributed by atoms with Crippen molar-refractivity contribution < 1.29 is 19.1 Å². The molecule has 3 N–H and O–H groups in total. The lowest BCUT2D eigenvalue weighted by molar-refractivity contribution is 0.0951. The minimum Gasteiger partial charge on any atom is -0.492 e. The molecule has 5 nitrogen and oxygen atoms in total. The van der Waals surface area contributed by atoms with E-state index in [1.165, 1.54) is 23.5 Å². The van der Waals surface area contributed by atoms with Gasteiger partial charge >= 0.3 is 0 Å². The van der Waals surface area contributed by atoms with Gasteiger partial charge in [-0.05, 0) is 53.9 Å². The number of hydroxylamine groups is 1. The number of halogens is 1. The van der Waals surface area contributed by atoms with Crippen LogP contribution in [0.2, 0.25) is 0 Å². The normalized spacial score (nSPS) is 10.5. The zero-order valence-electron chi connectivity index (χ0n) is 13.5. The van der Waals surface area contributed by atoms with E-state index in [2.05, 4.69) is 5.32 Å². The lowest BCUT2D eigenvalue weighted by atomic mass is 10.2. The van der Waals surface area contributed by atoms with Crippen molar-refractivity contribution in [2.75, 3.05) is 13.2 Å². The molecule has 0 aliphatic heterocycles. The summed E-state index contributed by atoms with van der Waals surface area (Å²) in [5.74, 6) is 0.0863. The van der Waals surface area contributed by atoms with Crippen LogP contribution in [0.4, 0.5) is 4.39 Å². The molecule has 0 fully saturated rings. The van der Waals surface area contributed by atoms with E-state index in [1.807, 2.05) is 5.48 Å². The topological polar surface area (TPSA) is 70.6 Å². The Bertz CT molecular complexity index is 941. The van der Waals surface area contributed by atoms with Crippen LogP contribution < -0.4 is 15.5 Å². The minimum absolute atomic E-state index is 0.218. The van der Waals surface area contributed by atoms with Gasteiger partial charge < -0.3 is 10.1 Å². The number of hydrogen-bond acceptors (Lipinski definition) is 5. The van der Waals surface area contributed by atoms with Crippen molar-refractivity contribution in [1.82, 2.24) is 10.8 Å². The summed E-state index contributed by atoms with van der Waals surface area (Å²) in [4.78, 5) is 12.9. The largest absolute Gasteiger partial charge is 0.492 e. The Balaban J connectivity index is 1.49. The molecule has 0 unspecified atom stereocenters. The Morgan fingerprint density at radius 1 is 1.19 bits per heavy atom. The van der Waals surface area contributed by atoms with Crippen molar-refractivity contribution in [3.63, 3.8) is 0 Å². The van der Waals surface area contributed by atoms with E-state index in [4.69, 9.17) is 22.2 Å². The molecule has 0 aliphatic carbocycles. The molecule has 0 atom stereocenters. The van der Waals surface area contributed by atoms with Crippen LogP contribution in [0.15, 0.2) is 48.5 Å². The van der Waals surface area contributed by atoms with Gasteiger partial charge in [-0.3, -0.25) is 15.5 Å². The summed E-state index contributed by atoms with van der Waals surface area (Å²) in [6.07, 6.45) is 0. The Labute approximate surface area is 158 Å². The number of hydrogen-bond donors (Lipinski definition) is 3. The first-order valence-electron chi connectivity index (χ1n) is 7.71. The van der Waals surface area contributed by atoms with Crippen LogP contribution in [0.25, 0.3) is 10.1 Å². The summed E-state index contributed by atoms with van der Waals surface area (Å²) in [7, 11) is 0. The SMILES string of the molecule is O=C(NCCOc1ccc(C(=S)NO)cc1)c1cc2cc(F)ccc2s1. The number of benzene rings is 2. The lowest BCUT2D eigenvalue weighted by Gasteiger charge is -2.08. The second kappa shape index (κ2) is 8.22. The van der Waals surface area contributed by atoms with Crippen molar-refractivity contribution in [2.24, 2.45) is 0 Å². The van der Waals surface area contributed by atoms with Gasteiger partial charge in [0.05, 0.1) is 11.4 Å². The van der Waals surface area contributed by atoms with Crippen LogP contribution in [0.1, 0.15) is 15.2 Å². The third-order valence-corrected chi connectivity index (χ3v) is 5.02. The van der Waals surface area contributed by atoms with Crippen molar-refractivity contribution in [1.29, 1.82) is 0 Å². The van der Waals surface area contributed by atoms with Gasteiger partial charge in [-0.15, -0.1) is 11.3 Å². The third-order valence-electron chi connectivity index (χ3n) is 3.58. The molecule has 0 saturated carbocycles. The molecule has 0 saturated heterocycles. The number of rotatable bonds is 6. The molecule has 2 aromatic carbocycles. The van der Waals surface area contributed by atoms with Crippen molar-refractivity contribution in [2.45, 2.75) is 0 Å². The van der Waals surface area contributed by atoms with Gasteiger partial charge in [-0.25, -0.2) is 4.39 Å². The van der Waals surface area contributed by atoms with Gasteiger partial charge in [0.15, 0.2) is 0 Å². The highest BCUT2D eigenvalue weighted by atomic mass is 32.1. The minimum atomic E-state index is -0.322. The molecule has 1 heterocycles. The Hall–Kier alpha value is -2.55. The molecule has 0 aliphatic rings. The molecule has 3 rings (SSSR count). The maximum Gasteiger partial charge on any atom is 0.261 e. The number of amides is 1. The lowest BCUT2D eigenvalue weighted by Crippen LogP contribution is -2.27. The van der Waals surface area contributed by atoms with Crippen LogP contribution in [0.3, 0.4) is 0 Å². The Morgan fingerprint density at radius 2 is 1.96 bits per heavy atom. The van der Waals surface area contributed by atoms with Crippen molar-refractivity contribution in [3.05, 3.63) is 64.8 Å². The first-order valence-corrected chi connectivity index (χ1v) is 8.94. The number of ether oxygens (including phenoxy) is 1. The highest BCUT2D eigenvalue weighted by molar-refractivity contribution is 7.80. The average molecular weight is 390 g/mol. The molecular weight excluding hydrogens is 375 g/mol. The van der Waals surface area contributed by atoms with Gasteiger partial charge in [0, 0.05) is 10.3 Å². The fourth-order valence-electron chi connectivity index (χ4n) is 2.31. The number of carbonyl (C=O) groups is 1. The molecule has 0 spiro atoms. The average Bonchev–Trinajstić information content (AvgIpc) is 3.08. The third kappa shape index (κ3) is 4.34. The van der Waals surface area contributed by atoms with E-state index < -0.39 is 0 Å². The summed E-state index contributed by atoms with van der Waals surface area (Å²) in [5.41, 5.74) is 2.59. The quantitative estimate of drug-likeness (QED) is 0.341. The van der Waals surface area contributed by atoms with Crippen LogP contribution in [0, 0.1) is 5.82 Å². The molecule has 1 amide bonds. The van der Waals surface area contributed by atoms with E-state index in [0.717, 1.165) is 4.70 Å². The number of carbonyl (C=O) groups excluding carboxylic acids is 1. The second-order valence-electron chi connectivity index (χ2n) is 5.36. The van der Waals surface area contributed by atoms with E-state index >= 15 is 0 Å². The Morgan fingerprint density at radius 3 is 2.69 bits per heavy atom. The fourth-order valence-corrected chi connectivity index (χ4v) is 3.41. The van der Waals surface area contributed by atoms with Crippen LogP contribution in [-0.2, 0) is 0 Å². The summed E-state index contributed by atoms with van der Waals surface area (Å²) >= 11 is 6.22. The van der Waals surface area contributed by atoms with Crippen molar-refractivity contribution >= 4 is 44.5 Å². The number of fused-ring (bicyclic) bond motifs is 1. The standard InChI is InChI=1S/C18H15FN2O3S2/c19-13-3-6-15-12(9-13)10-16(26-15)17(22)20-7-8-24-14-4-1-11(2-5-14)18(25)21-23/h1-6,9-10,23H,7-8H2,(H,20,22)(H,21,25). The molecule has 8 heteroatoms. The zero-order chi connectivity index (χ0) is 18.5. The predicted octanol–water partition coefficient (Wildman–Crippen LogP) is 3.50. The van der Waals surface area contributed by atoms with E-state index in [1.54, 1.807) is 36.4 Å². The van der Waals surface area contributed by atoms with Gasteiger partial charge in [0.1, 0.15) is 23.2 Å². The van der Waals surface area contributed by atoms with Crippen molar-refractivity contribution in [3.8, 4) is 5.75 Å². The van der Waals surface area contributed by atoms with E-state index in [0.29, 0.717) is 34.7 Å². The summed E-state index contributed by atoms with van der Waals surface area (Å²) in [6, 6.07) is 13.0. The first-order chi connectivity index (χ1) is 12.6. The fraction of sp³-hybridized carbons (Fsp3) is 0.111. The summed E-state index contributed by atoms with van der Waals surface area (Å²) in [5, 5.41) is 12.2. The zero-order valence-corrected chi connectivity index (χ0v) is 15.1. The van der Waals surface area contributed by atoms with Gasteiger partial charge in [-0.1, -0.05) is 12.2 Å². The van der Waals surface area contributed by atoms with E-state index in [-0.39, 0.29) is 16.7 Å². The highest BCUT2D eigenvalue weighted by Gasteiger charge is 2.10. The monoisotopic (exact) mass is 390 g/mol. The molecule has 134 valence electrons. The molecular formula is C18H15FN2O3S2. The maximum atomic E-state index is 13.2. The molecule has 0 bridgehead atoms. The summed E-state index contributed by atoms with van der Waals surface area (Å²) < 4.78 is 19.6. The van der Waals surface area contributed by atoms with Crippen LogP contribution >= 0.6 is 23.6 Å².